The predicted molar refractivity (Wildman–Crippen MR) is 144 cm³/mol. The molecule has 0 aliphatic carbocycles. The van der Waals surface area contributed by atoms with Crippen LogP contribution in [0, 0.1) is 6.92 Å². The molecule has 1 N–H and O–H groups in total. The average molecular weight is 496 g/mol. The molecule has 37 heavy (non-hydrogen) atoms. The van der Waals surface area contributed by atoms with Crippen molar-refractivity contribution in [3.05, 3.63) is 65.9 Å². The molecule has 5 aromatic rings. The second kappa shape index (κ2) is 9.33. The van der Waals surface area contributed by atoms with Crippen molar-refractivity contribution < 1.29 is 9.47 Å². The van der Waals surface area contributed by atoms with Gasteiger partial charge in [0.1, 0.15) is 35.6 Å². The van der Waals surface area contributed by atoms with Gasteiger partial charge in [0.2, 0.25) is 0 Å². The van der Waals surface area contributed by atoms with E-state index < -0.39 is 0 Å². The molecule has 0 amide bonds. The van der Waals surface area contributed by atoms with Gasteiger partial charge >= 0.3 is 0 Å². The molecule has 2 aromatic carbocycles. The highest BCUT2D eigenvalue weighted by molar-refractivity contribution is 5.90. The topological polar surface area (TPSA) is 92.3 Å². The summed E-state index contributed by atoms with van der Waals surface area (Å²) in [5.41, 5.74) is 5.74. The van der Waals surface area contributed by atoms with Crippen LogP contribution < -0.4 is 14.4 Å². The lowest BCUT2D eigenvalue weighted by Crippen LogP contribution is -2.27. The molecule has 4 heterocycles. The lowest BCUT2D eigenvalue weighted by molar-refractivity contribution is 0.331. The molecule has 188 valence electrons. The molecule has 0 saturated heterocycles. The predicted octanol–water partition coefficient (Wildman–Crippen LogP) is 4.35. The first-order chi connectivity index (χ1) is 18.0. The van der Waals surface area contributed by atoms with Crippen LogP contribution in [0.25, 0.3) is 33.2 Å². The fraction of sp³-hybridized carbons (Fsp3) is 0.286. The van der Waals surface area contributed by atoms with Gasteiger partial charge in [-0.15, -0.1) is 0 Å². The number of imidazole rings is 1. The van der Waals surface area contributed by atoms with Crippen molar-refractivity contribution in [1.82, 2.24) is 29.8 Å². The minimum atomic E-state index is 0.567. The number of aromatic amines is 1. The molecule has 3 aromatic heterocycles. The highest BCUT2D eigenvalue weighted by Gasteiger charge is 2.21. The van der Waals surface area contributed by atoms with Crippen LogP contribution >= 0.6 is 0 Å². The van der Waals surface area contributed by atoms with Crippen LogP contribution in [0.3, 0.4) is 0 Å². The number of pyridine rings is 1. The van der Waals surface area contributed by atoms with Crippen molar-refractivity contribution in [1.29, 1.82) is 0 Å². The Morgan fingerprint density at radius 1 is 1.05 bits per heavy atom. The number of ether oxygens (including phenoxy) is 2. The van der Waals surface area contributed by atoms with Crippen LogP contribution in [0.1, 0.15) is 17.2 Å². The number of methoxy groups -OCH3 is 1. The maximum absolute atomic E-state index is 6.16. The Bertz CT molecular complexity index is 1610. The Morgan fingerprint density at radius 3 is 2.78 bits per heavy atom. The van der Waals surface area contributed by atoms with Crippen molar-refractivity contribution >= 4 is 27.9 Å². The number of fused-ring (bicyclic) bond motifs is 3. The molecule has 0 unspecified atom stereocenters. The minimum Gasteiger partial charge on any atom is -0.497 e. The van der Waals surface area contributed by atoms with Gasteiger partial charge in [-0.05, 0) is 56.9 Å². The van der Waals surface area contributed by atoms with E-state index >= 15 is 0 Å². The van der Waals surface area contributed by atoms with Crippen molar-refractivity contribution in [2.45, 2.75) is 20.0 Å². The van der Waals surface area contributed by atoms with Gasteiger partial charge in [0.25, 0.3) is 0 Å². The number of H-pyrrole nitrogens is 1. The van der Waals surface area contributed by atoms with Gasteiger partial charge in [-0.25, -0.2) is 19.9 Å². The van der Waals surface area contributed by atoms with E-state index in [0.717, 1.165) is 67.7 Å². The van der Waals surface area contributed by atoms with Crippen molar-refractivity contribution in [3.8, 4) is 22.6 Å². The number of hydrogen-bond acceptors (Lipinski definition) is 8. The third kappa shape index (κ3) is 4.53. The molecule has 6 rings (SSSR count). The zero-order valence-electron chi connectivity index (χ0n) is 21.4. The maximum Gasteiger partial charge on any atom is 0.177 e. The Kier molecular flexibility index (Phi) is 5.84. The van der Waals surface area contributed by atoms with Crippen LogP contribution in [0.5, 0.6) is 11.5 Å². The van der Waals surface area contributed by atoms with Gasteiger partial charge in [0, 0.05) is 35.3 Å². The fourth-order valence-electron chi connectivity index (χ4n) is 4.79. The van der Waals surface area contributed by atoms with Crippen LogP contribution in [-0.2, 0) is 13.1 Å². The van der Waals surface area contributed by atoms with E-state index in [0.29, 0.717) is 26.2 Å². The molecule has 9 heteroatoms. The average Bonchev–Trinajstić information content (AvgIpc) is 3.13. The van der Waals surface area contributed by atoms with E-state index in [1.165, 1.54) is 0 Å². The quantitative estimate of drug-likeness (QED) is 0.385. The summed E-state index contributed by atoms with van der Waals surface area (Å²) in [6.45, 7) is 4.53. The first-order valence-corrected chi connectivity index (χ1v) is 12.3. The van der Waals surface area contributed by atoms with E-state index in [1.807, 2.05) is 45.4 Å². The van der Waals surface area contributed by atoms with Crippen LogP contribution in [0.2, 0.25) is 0 Å². The molecule has 1 aliphatic heterocycles. The number of nitrogens with zero attached hydrogens (tertiary/aromatic N) is 6. The second-order valence-corrected chi connectivity index (χ2v) is 9.59. The maximum atomic E-state index is 6.16. The Balaban J connectivity index is 1.40. The summed E-state index contributed by atoms with van der Waals surface area (Å²) in [6.07, 6.45) is 1.87. The summed E-state index contributed by atoms with van der Waals surface area (Å²) in [5, 5.41) is 0.993. The number of benzene rings is 2. The Labute approximate surface area is 215 Å². The molecule has 9 nitrogen and oxygen atoms in total. The number of rotatable bonds is 5. The van der Waals surface area contributed by atoms with E-state index in [1.54, 1.807) is 7.11 Å². The van der Waals surface area contributed by atoms with Gasteiger partial charge in [0.15, 0.2) is 5.65 Å². The van der Waals surface area contributed by atoms with Gasteiger partial charge in [-0.2, -0.15) is 0 Å². The first-order valence-electron chi connectivity index (χ1n) is 12.3. The van der Waals surface area contributed by atoms with Crippen molar-refractivity contribution in [2.24, 2.45) is 0 Å². The number of hydrogen-bond donors (Lipinski definition) is 1. The minimum absolute atomic E-state index is 0.567. The smallest absolute Gasteiger partial charge is 0.177 e. The van der Waals surface area contributed by atoms with Crippen molar-refractivity contribution in [2.75, 3.05) is 39.3 Å². The van der Waals surface area contributed by atoms with Crippen LogP contribution in [0.15, 0.2) is 48.7 Å². The number of aryl methyl sites for hydroxylation is 1. The standard InChI is InChI=1S/C28H29N7O2/c1-17-30-24-12-19(14-29-27(24)31-17)18-5-8-25-20(11-18)15-35(9-10-37-25)28-22-7-6-21(36-4)13-23(22)32-26(33-28)16-34(2)3/h5-8,11-14H,9-10,15-16H2,1-4H3,(H,29,30,31). The highest BCUT2D eigenvalue weighted by atomic mass is 16.5. The number of anilines is 1. The molecule has 0 bridgehead atoms. The summed E-state index contributed by atoms with van der Waals surface area (Å²) < 4.78 is 11.6. The SMILES string of the molecule is COc1ccc2c(N3CCOc4ccc(-c5cnc6nc(C)[nH]c6c5)cc4C3)nc(CN(C)C)nc2c1. The second-order valence-electron chi connectivity index (χ2n) is 9.59. The summed E-state index contributed by atoms with van der Waals surface area (Å²) in [6, 6.07) is 14.4. The lowest BCUT2D eigenvalue weighted by atomic mass is 10.0. The molecule has 0 fully saturated rings. The summed E-state index contributed by atoms with van der Waals surface area (Å²) in [4.78, 5) is 26.4. The first kappa shape index (κ1) is 23.2. The van der Waals surface area contributed by atoms with Gasteiger partial charge in [0.05, 0.1) is 31.2 Å². The Hall–Kier alpha value is -4.24. The molecule has 0 saturated carbocycles. The molecular weight excluding hydrogens is 466 g/mol. The van der Waals surface area contributed by atoms with Crippen molar-refractivity contribution in [3.63, 3.8) is 0 Å². The molecule has 0 spiro atoms. The van der Waals surface area contributed by atoms with Crippen LogP contribution in [-0.4, -0.2) is 64.2 Å². The summed E-state index contributed by atoms with van der Waals surface area (Å²) in [5.74, 6) is 4.21. The highest BCUT2D eigenvalue weighted by Crippen LogP contribution is 2.34. The Morgan fingerprint density at radius 2 is 1.95 bits per heavy atom. The molecule has 1 aliphatic rings. The third-order valence-electron chi connectivity index (χ3n) is 6.52. The molecule has 0 atom stereocenters. The van der Waals surface area contributed by atoms with Gasteiger partial charge in [-0.1, -0.05) is 6.07 Å². The van der Waals surface area contributed by atoms with E-state index in [2.05, 4.69) is 49.0 Å². The third-order valence-corrected chi connectivity index (χ3v) is 6.52. The zero-order valence-corrected chi connectivity index (χ0v) is 21.4. The van der Waals surface area contributed by atoms with E-state index in [9.17, 15) is 0 Å². The lowest BCUT2D eigenvalue weighted by Gasteiger charge is -2.24. The van der Waals surface area contributed by atoms with E-state index in [-0.39, 0.29) is 0 Å². The largest absolute Gasteiger partial charge is 0.497 e. The molecular formula is C28H29N7O2. The summed E-state index contributed by atoms with van der Waals surface area (Å²) >= 11 is 0. The monoisotopic (exact) mass is 495 g/mol. The van der Waals surface area contributed by atoms with E-state index in [4.69, 9.17) is 19.4 Å². The molecule has 0 radical (unpaired) electrons. The van der Waals surface area contributed by atoms with Crippen LogP contribution in [0.4, 0.5) is 5.82 Å². The normalized spacial score (nSPS) is 13.6. The zero-order chi connectivity index (χ0) is 25.5. The van der Waals surface area contributed by atoms with Gasteiger partial charge < -0.3 is 24.3 Å². The number of nitrogens with one attached hydrogen (secondary N) is 1. The summed E-state index contributed by atoms with van der Waals surface area (Å²) in [7, 11) is 5.71. The van der Waals surface area contributed by atoms with Gasteiger partial charge in [-0.3, -0.25) is 0 Å². The number of aromatic nitrogens is 5. The fourth-order valence-corrected chi connectivity index (χ4v) is 4.79.